The molecule has 0 saturated heterocycles. The highest BCUT2D eigenvalue weighted by Crippen LogP contribution is 2.29. The Morgan fingerprint density at radius 3 is 2.92 bits per heavy atom. The van der Waals surface area contributed by atoms with Gasteiger partial charge >= 0.3 is 0 Å². The number of carbonyl (C=O) groups excluding carboxylic acids is 2. The Morgan fingerprint density at radius 1 is 1.32 bits per heavy atom. The Morgan fingerprint density at radius 2 is 2.12 bits per heavy atom. The molecular weight excluding hydrogens is 340 g/mol. The molecule has 0 aromatic heterocycles. The highest BCUT2D eigenvalue weighted by atomic mass is 35.5. The van der Waals surface area contributed by atoms with Crippen LogP contribution in [0.1, 0.15) is 18.4 Å². The van der Waals surface area contributed by atoms with E-state index in [1.807, 2.05) is 24.3 Å². The average Bonchev–Trinajstić information content (AvgIpc) is 2.60. The summed E-state index contributed by atoms with van der Waals surface area (Å²) in [7, 11) is 1.53. The van der Waals surface area contributed by atoms with Gasteiger partial charge < -0.3 is 15.4 Å². The van der Waals surface area contributed by atoms with Crippen molar-refractivity contribution >= 4 is 34.8 Å². The van der Waals surface area contributed by atoms with Gasteiger partial charge in [0.2, 0.25) is 11.8 Å². The number of para-hydroxylation sites is 1. The lowest BCUT2D eigenvalue weighted by molar-refractivity contribution is -0.121. The fourth-order valence-corrected chi connectivity index (χ4v) is 3.11. The largest absolute Gasteiger partial charge is 0.495 e. The van der Waals surface area contributed by atoms with E-state index in [2.05, 4.69) is 10.6 Å². The fourth-order valence-electron chi connectivity index (χ4n) is 2.94. The van der Waals surface area contributed by atoms with Crippen LogP contribution in [0.25, 0.3) is 0 Å². The van der Waals surface area contributed by atoms with E-state index in [4.69, 9.17) is 16.3 Å². The molecule has 1 aliphatic rings. The first-order valence-electron chi connectivity index (χ1n) is 8.09. The Bertz CT molecular complexity index is 807. The summed E-state index contributed by atoms with van der Waals surface area (Å²) >= 11 is 5.96. The first kappa shape index (κ1) is 17.3. The van der Waals surface area contributed by atoms with E-state index in [0.29, 0.717) is 29.3 Å². The van der Waals surface area contributed by atoms with Gasteiger partial charge in [-0.25, -0.2) is 0 Å². The molecule has 2 amide bonds. The summed E-state index contributed by atoms with van der Waals surface area (Å²) < 4.78 is 5.21. The highest BCUT2D eigenvalue weighted by molar-refractivity contribution is 6.31. The maximum Gasteiger partial charge on any atom is 0.227 e. The van der Waals surface area contributed by atoms with Crippen molar-refractivity contribution in [2.75, 3.05) is 17.7 Å². The van der Waals surface area contributed by atoms with Gasteiger partial charge in [-0.05, 0) is 42.7 Å². The van der Waals surface area contributed by atoms with Gasteiger partial charge in [-0.15, -0.1) is 0 Å². The molecule has 1 atom stereocenters. The van der Waals surface area contributed by atoms with E-state index in [0.717, 1.165) is 11.3 Å². The van der Waals surface area contributed by atoms with Crippen molar-refractivity contribution in [3.63, 3.8) is 0 Å². The number of benzene rings is 2. The van der Waals surface area contributed by atoms with Gasteiger partial charge in [0.05, 0.1) is 12.8 Å². The van der Waals surface area contributed by atoms with Gasteiger partial charge in [0.15, 0.2) is 0 Å². The summed E-state index contributed by atoms with van der Waals surface area (Å²) in [4.78, 5) is 24.4. The minimum atomic E-state index is -0.207. The summed E-state index contributed by atoms with van der Waals surface area (Å²) in [5, 5.41) is 6.21. The van der Waals surface area contributed by atoms with Crippen LogP contribution in [0.2, 0.25) is 5.02 Å². The summed E-state index contributed by atoms with van der Waals surface area (Å²) in [6.45, 7) is 0. The number of rotatable bonds is 5. The Hall–Kier alpha value is -2.53. The molecule has 0 bridgehead atoms. The molecule has 2 N–H and O–H groups in total. The van der Waals surface area contributed by atoms with Gasteiger partial charge in [-0.2, -0.15) is 0 Å². The van der Waals surface area contributed by atoms with Crippen LogP contribution in [0.4, 0.5) is 11.4 Å². The van der Waals surface area contributed by atoms with Crippen LogP contribution < -0.4 is 15.4 Å². The summed E-state index contributed by atoms with van der Waals surface area (Å²) in [6, 6.07) is 12.8. The predicted molar refractivity (Wildman–Crippen MR) is 98.1 cm³/mol. The van der Waals surface area contributed by atoms with Gasteiger partial charge in [0.25, 0.3) is 0 Å². The molecule has 5 nitrogen and oxygen atoms in total. The number of ether oxygens (including phenoxy) is 1. The molecule has 1 heterocycles. The van der Waals surface area contributed by atoms with Crippen LogP contribution in [0.5, 0.6) is 5.75 Å². The number of hydrogen-bond donors (Lipinski definition) is 2. The number of nitrogens with one attached hydrogen (secondary N) is 2. The molecule has 0 spiro atoms. The molecule has 130 valence electrons. The standard InChI is InChI=1S/C19H19ClN2O3/c1-25-17-8-7-14(20)11-16(17)21-18(23)9-6-13-10-12-4-2-3-5-15(12)22-19(13)24/h2-5,7-8,11,13H,6,9-10H2,1H3,(H,21,23)(H,22,24). The van der Waals surface area contributed by atoms with E-state index in [-0.39, 0.29) is 24.2 Å². The molecule has 6 heteroatoms. The van der Waals surface area contributed by atoms with Crippen LogP contribution in [-0.2, 0) is 16.0 Å². The second-order valence-corrected chi connectivity index (χ2v) is 6.42. The van der Waals surface area contributed by atoms with E-state index >= 15 is 0 Å². The number of anilines is 2. The first-order chi connectivity index (χ1) is 12.1. The Labute approximate surface area is 151 Å². The maximum atomic E-state index is 12.2. The molecular formula is C19H19ClN2O3. The maximum absolute atomic E-state index is 12.2. The summed E-state index contributed by atoms with van der Waals surface area (Å²) in [5.74, 6) is 0.128. The van der Waals surface area contributed by atoms with Crippen LogP contribution in [0.15, 0.2) is 42.5 Å². The van der Waals surface area contributed by atoms with Crippen molar-refractivity contribution in [2.45, 2.75) is 19.3 Å². The van der Waals surface area contributed by atoms with Crippen LogP contribution >= 0.6 is 11.6 Å². The minimum Gasteiger partial charge on any atom is -0.495 e. The SMILES string of the molecule is COc1ccc(Cl)cc1NC(=O)CCC1Cc2ccccc2NC1=O. The number of methoxy groups -OCH3 is 1. The van der Waals surface area contributed by atoms with Crippen molar-refractivity contribution in [3.8, 4) is 5.75 Å². The van der Waals surface area contributed by atoms with Gasteiger partial charge in [-0.3, -0.25) is 9.59 Å². The average molecular weight is 359 g/mol. The molecule has 0 saturated carbocycles. The summed E-state index contributed by atoms with van der Waals surface area (Å²) in [6.07, 6.45) is 1.38. The second kappa shape index (κ2) is 7.57. The molecule has 0 fully saturated rings. The quantitative estimate of drug-likeness (QED) is 0.852. The van der Waals surface area contributed by atoms with Gasteiger partial charge in [0, 0.05) is 23.0 Å². The van der Waals surface area contributed by atoms with Crippen LogP contribution in [-0.4, -0.2) is 18.9 Å². The molecule has 0 aliphatic carbocycles. The van der Waals surface area contributed by atoms with E-state index in [9.17, 15) is 9.59 Å². The van der Waals surface area contributed by atoms with Crippen molar-refractivity contribution in [1.29, 1.82) is 0 Å². The zero-order chi connectivity index (χ0) is 17.8. The lowest BCUT2D eigenvalue weighted by Crippen LogP contribution is -2.30. The van der Waals surface area contributed by atoms with Crippen molar-refractivity contribution in [1.82, 2.24) is 0 Å². The highest BCUT2D eigenvalue weighted by Gasteiger charge is 2.26. The van der Waals surface area contributed by atoms with Crippen molar-refractivity contribution < 1.29 is 14.3 Å². The second-order valence-electron chi connectivity index (χ2n) is 5.98. The van der Waals surface area contributed by atoms with Crippen molar-refractivity contribution in [2.24, 2.45) is 5.92 Å². The monoisotopic (exact) mass is 358 g/mol. The number of hydrogen-bond acceptors (Lipinski definition) is 3. The number of fused-ring (bicyclic) bond motifs is 1. The lowest BCUT2D eigenvalue weighted by Gasteiger charge is -2.24. The number of amides is 2. The lowest BCUT2D eigenvalue weighted by atomic mass is 9.89. The Kier molecular flexibility index (Phi) is 5.24. The molecule has 3 rings (SSSR count). The van der Waals surface area contributed by atoms with Crippen LogP contribution in [0.3, 0.4) is 0 Å². The summed E-state index contributed by atoms with van der Waals surface area (Å²) in [5.41, 5.74) is 2.49. The number of carbonyl (C=O) groups is 2. The third-order valence-electron chi connectivity index (χ3n) is 4.27. The zero-order valence-electron chi connectivity index (χ0n) is 13.8. The van der Waals surface area contributed by atoms with Gasteiger partial charge in [0.1, 0.15) is 5.75 Å². The minimum absolute atomic E-state index is 0.0353. The molecule has 1 unspecified atom stereocenters. The molecule has 2 aromatic carbocycles. The Balaban J connectivity index is 1.60. The number of halogens is 1. The molecule has 1 aliphatic heterocycles. The topological polar surface area (TPSA) is 67.4 Å². The molecule has 25 heavy (non-hydrogen) atoms. The van der Waals surface area contributed by atoms with Crippen molar-refractivity contribution in [3.05, 3.63) is 53.1 Å². The predicted octanol–water partition coefficient (Wildman–Crippen LogP) is 3.88. The smallest absolute Gasteiger partial charge is 0.227 e. The van der Waals surface area contributed by atoms with Gasteiger partial charge in [-0.1, -0.05) is 29.8 Å². The molecule has 0 radical (unpaired) electrons. The van der Waals surface area contributed by atoms with E-state index in [1.54, 1.807) is 18.2 Å². The van der Waals surface area contributed by atoms with E-state index < -0.39 is 0 Å². The third kappa shape index (κ3) is 4.12. The normalized spacial score (nSPS) is 15.9. The molecule has 2 aromatic rings. The third-order valence-corrected chi connectivity index (χ3v) is 4.50. The zero-order valence-corrected chi connectivity index (χ0v) is 14.6. The van der Waals surface area contributed by atoms with E-state index in [1.165, 1.54) is 7.11 Å². The first-order valence-corrected chi connectivity index (χ1v) is 8.47. The fraction of sp³-hybridized carbons (Fsp3) is 0.263. The van der Waals surface area contributed by atoms with Crippen LogP contribution in [0, 0.1) is 5.92 Å².